The van der Waals surface area contributed by atoms with Gasteiger partial charge < -0.3 is 15.2 Å². The monoisotopic (exact) mass is 426 g/mol. The van der Waals surface area contributed by atoms with Crippen LogP contribution in [0.1, 0.15) is 10.4 Å². The van der Waals surface area contributed by atoms with Crippen molar-refractivity contribution in [1.82, 2.24) is 24.4 Å². The van der Waals surface area contributed by atoms with Gasteiger partial charge in [0.15, 0.2) is 5.65 Å². The van der Waals surface area contributed by atoms with Crippen molar-refractivity contribution in [2.24, 2.45) is 0 Å². The third-order valence-corrected chi connectivity index (χ3v) is 4.48. The number of hydrogen-bond acceptors (Lipinski definition) is 6. The number of benzene rings is 1. The fraction of sp³-hybridized carbons (Fsp3) is 0.105. The molecule has 3 aromatic heterocycles. The highest BCUT2D eigenvalue weighted by Crippen LogP contribution is 2.36. The number of carbonyl (C=O) groups excluding carboxylic acids is 1. The van der Waals surface area contributed by atoms with Crippen LogP contribution in [0.4, 0.5) is 5.69 Å². The Morgan fingerprint density at radius 3 is 2.93 bits per heavy atom. The number of carboxylic acids is 1. The summed E-state index contributed by atoms with van der Waals surface area (Å²) >= 11 is 6.13. The lowest BCUT2D eigenvalue weighted by molar-refractivity contribution is -0.137. The molecule has 0 saturated heterocycles. The molecule has 4 aromatic rings. The van der Waals surface area contributed by atoms with Gasteiger partial charge in [-0.25, -0.2) is 9.50 Å². The van der Waals surface area contributed by atoms with E-state index in [0.29, 0.717) is 27.7 Å². The molecule has 10 nitrogen and oxygen atoms in total. The second-order valence-corrected chi connectivity index (χ2v) is 6.66. The van der Waals surface area contributed by atoms with Gasteiger partial charge >= 0.3 is 5.97 Å². The number of nitrogens with one attached hydrogen (secondary N) is 1. The number of ether oxygens (including phenoxy) is 1. The van der Waals surface area contributed by atoms with Crippen molar-refractivity contribution in [3.05, 3.63) is 59.6 Å². The van der Waals surface area contributed by atoms with E-state index in [9.17, 15) is 9.59 Å². The molecule has 0 aliphatic rings. The number of hydrogen-bond donors (Lipinski definition) is 2. The zero-order chi connectivity index (χ0) is 21.3. The number of rotatable bonds is 6. The Bertz CT molecular complexity index is 1270. The number of halogens is 1. The third-order valence-electron chi connectivity index (χ3n) is 4.25. The summed E-state index contributed by atoms with van der Waals surface area (Å²) in [6.07, 6.45) is 6.06. The molecule has 3 heterocycles. The summed E-state index contributed by atoms with van der Waals surface area (Å²) in [5, 5.41) is 20.7. The summed E-state index contributed by atoms with van der Waals surface area (Å²) in [7, 11) is 1.49. The molecule has 1 amide bonds. The summed E-state index contributed by atoms with van der Waals surface area (Å²) in [5.41, 5.74) is 1.74. The van der Waals surface area contributed by atoms with Crippen molar-refractivity contribution in [3.63, 3.8) is 0 Å². The highest BCUT2D eigenvalue weighted by Gasteiger charge is 2.21. The summed E-state index contributed by atoms with van der Waals surface area (Å²) in [6.45, 7) is -0.385. The fourth-order valence-corrected chi connectivity index (χ4v) is 3.15. The number of amides is 1. The van der Waals surface area contributed by atoms with Gasteiger partial charge in [-0.2, -0.15) is 10.2 Å². The second kappa shape index (κ2) is 7.84. The Labute approximate surface area is 174 Å². The first-order valence-electron chi connectivity index (χ1n) is 8.69. The molecule has 30 heavy (non-hydrogen) atoms. The van der Waals surface area contributed by atoms with Crippen molar-refractivity contribution in [1.29, 1.82) is 0 Å². The van der Waals surface area contributed by atoms with Gasteiger partial charge in [-0.05, 0) is 24.3 Å². The Morgan fingerprint density at radius 2 is 2.17 bits per heavy atom. The van der Waals surface area contributed by atoms with Crippen LogP contribution in [0.25, 0.3) is 16.9 Å². The Balaban J connectivity index is 1.77. The zero-order valence-electron chi connectivity index (χ0n) is 15.6. The first-order valence-corrected chi connectivity index (χ1v) is 9.07. The van der Waals surface area contributed by atoms with Crippen LogP contribution in [0.2, 0.25) is 5.02 Å². The first kappa shape index (κ1) is 19.4. The van der Waals surface area contributed by atoms with Crippen LogP contribution in [0.15, 0.2) is 49.1 Å². The van der Waals surface area contributed by atoms with Gasteiger partial charge in [0, 0.05) is 29.2 Å². The maximum Gasteiger partial charge on any atom is 0.325 e. The van der Waals surface area contributed by atoms with Crippen LogP contribution in [0, 0.1) is 0 Å². The molecular weight excluding hydrogens is 412 g/mol. The number of methoxy groups -OCH3 is 1. The lowest BCUT2D eigenvalue weighted by Gasteiger charge is -2.09. The topological polar surface area (TPSA) is 124 Å². The predicted molar refractivity (Wildman–Crippen MR) is 108 cm³/mol. The van der Waals surface area contributed by atoms with E-state index in [4.69, 9.17) is 21.4 Å². The van der Waals surface area contributed by atoms with Gasteiger partial charge in [0.2, 0.25) is 0 Å². The van der Waals surface area contributed by atoms with Crippen molar-refractivity contribution < 1.29 is 19.4 Å². The van der Waals surface area contributed by atoms with Crippen LogP contribution in [-0.4, -0.2) is 48.5 Å². The minimum absolute atomic E-state index is 0.255. The van der Waals surface area contributed by atoms with E-state index in [-0.39, 0.29) is 17.8 Å². The standard InChI is InChI=1S/C19H15ClN6O4/c1-30-15-4-3-11(20)7-12(15)17-14(9-25(24-17)10-16(27)28)23-19(29)13-8-22-26-6-2-5-21-18(13)26/h2-9H,10H2,1H3,(H,23,29)(H,27,28). The smallest absolute Gasteiger partial charge is 0.325 e. The summed E-state index contributed by atoms with van der Waals surface area (Å²) < 4.78 is 8.06. The van der Waals surface area contributed by atoms with E-state index >= 15 is 0 Å². The quantitative estimate of drug-likeness (QED) is 0.485. The molecule has 0 fully saturated rings. The SMILES string of the molecule is COc1ccc(Cl)cc1-c1nn(CC(=O)O)cc1NC(=O)c1cnn2cccnc12. The summed E-state index contributed by atoms with van der Waals surface area (Å²) in [4.78, 5) is 28.2. The number of anilines is 1. The van der Waals surface area contributed by atoms with Crippen LogP contribution < -0.4 is 10.1 Å². The third kappa shape index (κ3) is 3.67. The molecule has 152 valence electrons. The molecular formula is C19H15ClN6O4. The fourth-order valence-electron chi connectivity index (χ4n) is 2.97. The van der Waals surface area contributed by atoms with E-state index < -0.39 is 11.9 Å². The Morgan fingerprint density at radius 1 is 1.33 bits per heavy atom. The average Bonchev–Trinajstić information content (AvgIpc) is 3.31. The van der Waals surface area contributed by atoms with Gasteiger partial charge in [-0.15, -0.1) is 0 Å². The highest BCUT2D eigenvalue weighted by molar-refractivity contribution is 6.31. The van der Waals surface area contributed by atoms with Gasteiger partial charge in [-0.3, -0.25) is 14.3 Å². The zero-order valence-corrected chi connectivity index (χ0v) is 16.4. The van der Waals surface area contributed by atoms with Gasteiger partial charge in [-0.1, -0.05) is 11.6 Å². The van der Waals surface area contributed by atoms with E-state index in [1.54, 1.807) is 36.7 Å². The van der Waals surface area contributed by atoms with E-state index in [1.165, 1.54) is 28.7 Å². The van der Waals surface area contributed by atoms with Crippen molar-refractivity contribution in [2.45, 2.75) is 6.54 Å². The lowest BCUT2D eigenvalue weighted by atomic mass is 10.1. The van der Waals surface area contributed by atoms with Crippen LogP contribution in [-0.2, 0) is 11.3 Å². The molecule has 0 spiro atoms. The molecule has 0 aliphatic heterocycles. The Kier molecular flexibility index (Phi) is 5.07. The first-order chi connectivity index (χ1) is 14.5. The summed E-state index contributed by atoms with van der Waals surface area (Å²) in [5.74, 6) is -1.08. The minimum Gasteiger partial charge on any atom is -0.496 e. The largest absolute Gasteiger partial charge is 0.496 e. The van der Waals surface area contributed by atoms with E-state index in [2.05, 4.69) is 20.5 Å². The highest BCUT2D eigenvalue weighted by atomic mass is 35.5. The van der Waals surface area contributed by atoms with Crippen LogP contribution >= 0.6 is 11.6 Å². The van der Waals surface area contributed by atoms with Crippen LogP contribution in [0.3, 0.4) is 0 Å². The lowest BCUT2D eigenvalue weighted by Crippen LogP contribution is -2.12. The summed E-state index contributed by atoms with van der Waals surface area (Å²) in [6, 6.07) is 6.64. The van der Waals surface area contributed by atoms with Crippen molar-refractivity contribution in [3.8, 4) is 17.0 Å². The number of aromatic nitrogens is 5. The molecule has 11 heteroatoms. The predicted octanol–water partition coefficient (Wildman–Crippen LogP) is 2.59. The molecule has 0 radical (unpaired) electrons. The maximum absolute atomic E-state index is 12.9. The average molecular weight is 427 g/mol. The normalized spacial score (nSPS) is 10.9. The molecule has 1 aromatic carbocycles. The molecule has 0 aliphatic carbocycles. The van der Waals surface area contributed by atoms with Crippen LogP contribution in [0.5, 0.6) is 5.75 Å². The van der Waals surface area contributed by atoms with Crippen molar-refractivity contribution in [2.75, 3.05) is 12.4 Å². The number of fused-ring (bicyclic) bond motifs is 1. The second-order valence-electron chi connectivity index (χ2n) is 6.23. The molecule has 0 atom stereocenters. The Hall–Kier alpha value is -3.92. The molecule has 0 saturated carbocycles. The van der Waals surface area contributed by atoms with E-state index in [1.807, 2.05) is 0 Å². The van der Waals surface area contributed by atoms with Gasteiger partial charge in [0.1, 0.15) is 23.6 Å². The number of carbonyl (C=O) groups is 2. The number of carboxylic acid groups (broad SMARTS) is 1. The van der Waals surface area contributed by atoms with Gasteiger partial charge in [0.25, 0.3) is 5.91 Å². The minimum atomic E-state index is -1.08. The molecule has 0 bridgehead atoms. The number of aliphatic carboxylic acids is 1. The van der Waals surface area contributed by atoms with E-state index in [0.717, 1.165) is 0 Å². The van der Waals surface area contributed by atoms with Crippen molar-refractivity contribution >= 4 is 34.8 Å². The molecule has 4 rings (SSSR count). The molecule has 0 unspecified atom stereocenters. The molecule has 2 N–H and O–H groups in total. The van der Waals surface area contributed by atoms with Gasteiger partial charge in [0.05, 0.1) is 19.0 Å². The number of nitrogens with zero attached hydrogens (tertiary/aromatic N) is 5. The maximum atomic E-state index is 12.9.